The number of hydrogen-bond donors (Lipinski definition) is 0. The van der Waals surface area contributed by atoms with Gasteiger partial charge in [-0.3, -0.25) is 4.79 Å². The number of terminal acetylenes is 1. The Morgan fingerprint density at radius 3 is 2.29 bits per heavy atom. The largest absolute Gasteiger partial charge is 0.299 e. The van der Waals surface area contributed by atoms with E-state index in [1.165, 1.54) is 6.92 Å². The molecule has 0 heterocycles. The van der Waals surface area contributed by atoms with Crippen molar-refractivity contribution in [3.8, 4) is 12.3 Å². The van der Waals surface area contributed by atoms with E-state index < -0.39 is 0 Å². The standard InChI is InChI=1S/C6H8O/c1-4-5(2)6(3)7/h1,5H,2-3H3. The number of carbonyl (C=O) groups excluding carboxylic acids is 1. The van der Waals surface area contributed by atoms with Crippen molar-refractivity contribution in [2.24, 2.45) is 5.92 Å². The third-order valence-corrected chi connectivity index (χ3v) is 0.860. The second-order valence-corrected chi connectivity index (χ2v) is 1.50. The summed E-state index contributed by atoms with van der Waals surface area (Å²) in [7, 11) is 0. The number of ketones is 1. The Labute approximate surface area is 43.7 Å². The lowest BCUT2D eigenvalue weighted by atomic mass is 10.1. The van der Waals surface area contributed by atoms with Crippen molar-refractivity contribution in [1.29, 1.82) is 0 Å². The van der Waals surface area contributed by atoms with Gasteiger partial charge in [-0.05, 0) is 13.8 Å². The monoisotopic (exact) mass is 96.1 g/mol. The molecule has 0 aromatic rings. The number of rotatable bonds is 1. The molecule has 0 aliphatic heterocycles. The molecule has 7 heavy (non-hydrogen) atoms. The molecule has 1 heteroatoms. The van der Waals surface area contributed by atoms with Crippen LogP contribution in [0.15, 0.2) is 0 Å². The Morgan fingerprint density at radius 2 is 2.29 bits per heavy atom. The maximum atomic E-state index is 10.2. The van der Waals surface area contributed by atoms with E-state index >= 15 is 0 Å². The molecule has 0 aromatic carbocycles. The summed E-state index contributed by atoms with van der Waals surface area (Å²) < 4.78 is 0. The van der Waals surface area contributed by atoms with Crippen molar-refractivity contribution in [2.75, 3.05) is 0 Å². The minimum Gasteiger partial charge on any atom is -0.299 e. The average molecular weight is 96.1 g/mol. The molecular weight excluding hydrogens is 88.1 g/mol. The highest BCUT2D eigenvalue weighted by molar-refractivity contribution is 5.80. The maximum Gasteiger partial charge on any atom is 0.144 e. The zero-order valence-corrected chi connectivity index (χ0v) is 4.56. The molecule has 0 saturated carbocycles. The van der Waals surface area contributed by atoms with Crippen LogP contribution in [0.4, 0.5) is 0 Å². The molecule has 0 bridgehead atoms. The van der Waals surface area contributed by atoms with Crippen molar-refractivity contribution in [2.45, 2.75) is 13.8 Å². The summed E-state index contributed by atoms with van der Waals surface area (Å²) in [4.78, 5) is 10.2. The van der Waals surface area contributed by atoms with Crippen LogP contribution in [-0.2, 0) is 4.79 Å². The van der Waals surface area contributed by atoms with Gasteiger partial charge in [-0.25, -0.2) is 0 Å². The Bertz CT molecular complexity index is 108. The van der Waals surface area contributed by atoms with Crippen LogP contribution in [0.25, 0.3) is 0 Å². The molecule has 0 aliphatic rings. The predicted molar refractivity (Wildman–Crippen MR) is 28.7 cm³/mol. The minimum absolute atomic E-state index is 0.0579. The van der Waals surface area contributed by atoms with Gasteiger partial charge >= 0.3 is 0 Å². The van der Waals surface area contributed by atoms with Crippen LogP contribution < -0.4 is 0 Å². The zero-order chi connectivity index (χ0) is 5.86. The predicted octanol–water partition coefficient (Wildman–Crippen LogP) is 0.845. The van der Waals surface area contributed by atoms with Gasteiger partial charge < -0.3 is 0 Å². The lowest BCUT2D eigenvalue weighted by Gasteiger charge is -1.90. The smallest absolute Gasteiger partial charge is 0.144 e. The highest BCUT2D eigenvalue weighted by Crippen LogP contribution is 1.90. The van der Waals surface area contributed by atoms with E-state index in [2.05, 4.69) is 5.92 Å². The van der Waals surface area contributed by atoms with Gasteiger partial charge in [0.1, 0.15) is 5.78 Å². The van der Waals surface area contributed by atoms with E-state index in [0.717, 1.165) is 0 Å². The lowest BCUT2D eigenvalue weighted by Crippen LogP contribution is -2.01. The van der Waals surface area contributed by atoms with Crippen LogP contribution in [0.1, 0.15) is 13.8 Å². The third-order valence-electron chi connectivity index (χ3n) is 0.860. The van der Waals surface area contributed by atoms with Crippen molar-refractivity contribution in [3.05, 3.63) is 0 Å². The van der Waals surface area contributed by atoms with Crippen LogP contribution in [0.5, 0.6) is 0 Å². The van der Waals surface area contributed by atoms with E-state index in [0.29, 0.717) is 0 Å². The van der Waals surface area contributed by atoms with Gasteiger partial charge in [-0.1, -0.05) is 5.92 Å². The second kappa shape index (κ2) is 2.41. The molecule has 0 spiro atoms. The SMILES string of the molecule is C#CC(C)C(C)=O. The van der Waals surface area contributed by atoms with Gasteiger partial charge in [0.25, 0.3) is 0 Å². The van der Waals surface area contributed by atoms with E-state index in [9.17, 15) is 4.79 Å². The summed E-state index contributed by atoms with van der Waals surface area (Å²) in [5, 5.41) is 0. The van der Waals surface area contributed by atoms with Crippen LogP contribution in [-0.4, -0.2) is 5.78 Å². The summed E-state index contributed by atoms with van der Waals surface area (Å²) in [6.45, 7) is 3.20. The summed E-state index contributed by atoms with van der Waals surface area (Å²) in [5.74, 6) is 2.16. The van der Waals surface area contributed by atoms with Gasteiger partial charge in [0.15, 0.2) is 0 Å². The molecular formula is C6H8O. The third kappa shape index (κ3) is 1.99. The molecule has 0 aliphatic carbocycles. The van der Waals surface area contributed by atoms with Crippen LogP contribution in [0.2, 0.25) is 0 Å². The van der Waals surface area contributed by atoms with E-state index in [1.807, 2.05) is 0 Å². The molecule has 1 unspecified atom stereocenters. The number of Topliss-reactive ketones (excluding diaryl/α,β-unsaturated/α-hetero) is 1. The van der Waals surface area contributed by atoms with Gasteiger partial charge in [-0.15, -0.1) is 6.42 Å². The molecule has 0 radical (unpaired) electrons. The lowest BCUT2D eigenvalue weighted by molar-refractivity contribution is -0.118. The summed E-state index contributed by atoms with van der Waals surface area (Å²) in [6, 6.07) is 0. The summed E-state index contributed by atoms with van der Waals surface area (Å²) in [5.41, 5.74) is 0. The van der Waals surface area contributed by atoms with Gasteiger partial charge in [-0.2, -0.15) is 0 Å². The average Bonchev–Trinajstić information content (AvgIpc) is 1.65. The van der Waals surface area contributed by atoms with Gasteiger partial charge in [0.2, 0.25) is 0 Å². The van der Waals surface area contributed by atoms with Crippen LogP contribution >= 0.6 is 0 Å². The molecule has 1 nitrogen and oxygen atoms in total. The first-order chi connectivity index (χ1) is 3.18. The fraction of sp³-hybridized carbons (Fsp3) is 0.500. The number of hydrogen-bond acceptors (Lipinski definition) is 1. The maximum absolute atomic E-state index is 10.2. The van der Waals surface area contributed by atoms with Crippen LogP contribution in [0, 0.1) is 18.3 Å². The normalized spacial score (nSPS) is 12.1. The molecule has 1 atom stereocenters. The highest BCUT2D eigenvalue weighted by atomic mass is 16.1. The van der Waals surface area contributed by atoms with Crippen molar-refractivity contribution in [3.63, 3.8) is 0 Å². The molecule has 0 amide bonds. The fourth-order valence-electron chi connectivity index (χ4n) is 0.117. The summed E-state index contributed by atoms with van der Waals surface area (Å²) in [6.07, 6.45) is 4.90. The first-order valence-electron chi connectivity index (χ1n) is 2.15. The van der Waals surface area contributed by atoms with Gasteiger partial charge in [0, 0.05) is 0 Å². The second-order valence-electron chi connectivity index (χ2n) is 1.50. The molecule has 0 N–H and O–H groups in total. The van der Waals surface area contributed by atoms with Crippen LogP contribution in [0.3, 0.4) is 0 Å². The van der Waals surface area contributed by atoms with Crippen molar-refractivity contribution < 1.29 is 4.79 Å². The summed E-state index contributed by atoms with van der Waals surface area (Å²) >= 11 is 0. The van der Waals surface area contributed by atoms with Crippen molar-refractivity contribution >= 4 is 5.78 Å². The van der Waals surface area contributed by atoms with Crippen molar-refractivity contribution in [1.82, 2.24) is 0 Å². The molecule has 0 rings (SSSR count). The van der Waals surface area contributed by atoms with E-state index in [1.54, 1.807) is 6.92 Å². The molecule has 0 aromatic heterocycles. The zero-order valence-electron chi connectivity index (χ0n) is 4.56. The Hall–Kier alpha value is -0.770. The minimum atomic E-state index is -0.208. The fourth-order valence-corrected chi connectivity index (χ4v) is 0.117. The number of carbonyl (C=O) groups is 1. The topological polar surface area (TPSA) is 17.1 Å². The van der Waals surface area contributed by atoms with E-state index in [-0.39, 0.29) is 11.7 Å². The molecule has 38 valence electrons. The first kappa shape index (κ1) is 6.23. The Kier molecular flexibility index (Phi) is 2.15. The quantitative estimate of drug-likeness (QED) is 0.442. The van der Waals surface area contributed by atoms with Gasteiger partial charge in [0.05, 0.1) is 5.92 Å². The molecule has 0 saturated heterocycles. The first-order valence-corrected chi connectivity index (χ1v) is 2.15. The molecule has 0 fully saturated rings. The highest BCUT2D eigenvalue weighted by Gasteiger charge is 1.99. The van der Waals surface area contributed by atoms with E-state index in [4.69, 9.17) is 6.42 Å². The Balaban J connectivity index is 3.63. The Morgan fingerprint density at radius 1 is 1.86 bits per heavy atom.